The van der Waals surface area contributed by atoms with Crippen molar-refractivity contribution in [1.82, 2.24) is 14.9 Å². The van der Waals surface area contributed by atoms with Crippen LogP contribution in [0.5, 0.6) is 11.5 Å². The number of likely N-dealkylation sites (tertiary alicyclic amines) is 1. The molecule has 1 aliphatic rings. The van der Waals surface area contributed by atoms with Gasteiger partial charge < -0.3 is 19.4 Å². The monoisotopic (exact) mass is 365 g/mol. The standard InChI is InChI=1S/C21H23N3O3/c1-26-18-10-9-14(12-19(18)27-2)21(25)24-11-5-6-15(13-24)20-22-16-7-3-4-8-17(16)23-20/h3-4,7-10,12,15H,5-6,11,13H2,1-2H3,(H,22,23)/t15-/m0/s1. The minimum atomic E-state index is 0.0109. The quantitative estimate of drug-likeness (QED) is 0.767. The molecule has 3 aromatic rings. The molecule has 0 spiro atoms. The molecule has 1 aromatic heterocycles. The molecular weight excluding hydrogens is 342 g/mol. The van der Waals surface area contributed by atoms with Crippen molar-refractivity contribution in [2.45, 2.75) is 18.8 Å². The van der Waals surface area contributed by atoms with Gasteiger partial charge in [0.25, 0.3) is 5.91 Å². The molecule has 0 saturated carbocycles. The number of carbonyl (C=O) groups excluding carboxylic acids is 1. The van der Waals surface area contributed by atoms with Gasteiger partial charge >= 0.3 is 0 Å². The molecule has 0 radical (unpaired) electrons. The highest BCUT2D eigenvalue weighted by molar-refractivity contribution is 5.95. The van der Waals surface area contributed by atoms with E-state index in [1.807, 2.05) is 29.2 Å². The number of aromatic amines is 1. The maximum atomic E-state index is 13.0. The molecule has 1 amide bonds. The molecule has 0 unspecified atom stereocenters. The minimum Gasteiger partial charge on any atom is -0.493 e. The summed E-state index contributed by atoms with van der Waals surface area (Å²) in [5, 5.41) is 0. The molecule has 6 heteroatoms. The summed E-state index contributed by atoms with van der Waals surface area (Å²) < 4.78 is 10.6. The number of ether oxygens (including phenoxy) is 2. The number of amides is 1. The maximum Gasteiger partial charge on any atom is 0.254 e. The van der Waals surface area contributed by atoms with Crippen molar-refractivity contribution in [3.8, 4) is 11.5 Å². The van der Waals surface area contributed by atoms with E-state index in [2.05, 4.69) is 4.98 Å². The molecule has 1 N–H and O–H groups in total. The van der Waals surface area contributed by atoms with E-state index >= 15 is 0 Å². The topological polar surface area (TPSA) is 67.5 Å². The highest BCUT2D eigenvalue weighted by Crippen LogP contribution is 2.30. The lowest BCUT2D eigenvalue weighted by atomic mass is 9.96. The number of carbonyl (C=O) groups is 1. The zero-order valence-electron chi connectivity index (χ0n) is 15.6. The van der Waals surface area contributed by atoms with E-state index in [-0.39, 0.29) is 11.8 Å². The average Bonchev–Trinajstić information content (AvgIpc) is 3.17. The molecule has 0 aliphatic carbocycles. The van der Waals surface area contributed by atoms with E-state index in [9.17, 15) is 4.79 Å². The van der Waals surface area contributed by atoms with Crippen LogP contribution in [-0.2, 0) is 0 Å². The van der Waals surface area contributed by atoms with E-state index in [0.29, 0.717) is 23.6 Å². The zero-order chi connectivity index (χ0) is 18.8. The first-order chi connectivity index (χ1) is 13.2. The Morgan fingerprint density at radius 2 is 1.96 bits per heavy atom. The summed E-state index contributed by atoms with van der Waals surface area (Å²) in [6.07, 6.45) is 1.98. The fourth-order valence-corrected chi connectivity index (χ4v) is 3.70. The molecule has 1 saturated heterocycles. The summed E-state index contributed by atoms with van der Waals surface area (Å²) in [6.45, 7) is 1.41. The average molecular weight is 365 g/mol. The summed E-state index contributed by atoms with van der Waals surface area (Å²) in [5.74, 6) is 2.37. The van der Waals surface area contributed by atoms with Gasteiger partial charge in [0.15, 0.2) is 11.5 Å². The molecule has 1 fully saturated rings. The number of benzene rings is 2. The molecule has 4 rings (SSSR count). The number of nitrogens with one attached hydrogen (secondary N) is 1. The second kappa shape index (κ2) is 7.31. The maximum absolute atomic E-state index is 13.0. The highest BCUT2D eigenvalue weighted by atomic mass is 16.5. The largest absolute Gasteiger partial charge is 0.493 e. The number of methoxy groups -OCH3 is 2. The van der Waals surface area contributed by atoms with Gasteiger partial charge in [-0.25, -0.2) is 4.98 Å². The number of piperidine rings is 1. The first kappa shape index (κ1) is 17.4. The number of nitrogens with zero attached hydrogens (tertiary/aromatic N) is 2. The van der Waals surface area contributed by atoms with Crippen LogP contribution in [0.15, 0.2) is 42.5 Å². The van der Waals surface area contributed by atoms with Crippen LogP contribution < -0.4 is 9.47 Å². The van der Waals surface area contributed by atoms with Crippen molar-refractivity contribution in [1.29, 1.82) is 0 Å². The Kier molecular flexibility index (Phi) is 4.71. The fourth-order valence-electron chi connectivity index (χ4n) is 3.70. The number of rotatable bonds is 4. The van der Waals surface area contributed by atoms with Crippen LogP contribution in [-0.4, -0.2) is 48.1 Å². The van der Waals surface area contributed by atoms with Gasteiger partial charge in [-0.3, -0.25) is 4.79 Å². The molecule has 0 bridgehead atoms. The Bertz CT molecular complexity index is 933. The van der Waals surface area contributed by atoms with Gasteiger partial charge in [0, 0.05) is 24.6 Å². The van der Waals surface area contributed by atoms with Gasteiger partial charge in [-0.1, -0.05) is 12.1 Å². The predicted octanol–water partition coefficient (Wildman–Crippen LogP) is 3.60. The number of imidazole rings is 1. The lowest BCUT2D eigenvalue weighted by Crippen LogP contribution is -2.39. The minimum absolute atomic E-state index is 0.0109. The predicted molar refractivity (Wildman–Crippen MR) is 104 cm³/mol. The lowest BCUT2D eigenvalue weighted by Gasteiger charge is -2.32. The van der Waals surface area contributed by atoms with Gasteiger partial charge in [0.2, 0.25) is 0 Å². The Morgan fingerprint density at radius 1 is 1.15 bits per heavy atom. The Hall–Kier alpha value is -3.02. The van der Waals surface area contributed by atoms with Crippen LogP contribution in [0.3, 0.4) is 0 Å². The van der Waals surface area contributed by atoms with E-state index in [1.165, 1.54) is 0 Å². The van der Waals surface area contributed by atoms with Crippen LogP contribution in [0, 0.1) is 0 Å². The third kappa shape index (κ3) is 3.35. The first-order valence-corrected chi connectivity index (χ1v) is 9.15. The third-order valence-electron chi connectivity index (χ3n) is 5.13. The molecule has 2 aromatic carbocycles. The van der Waals surface area contributed by atoms with Gasteiger partial charge in [-0.05, 0) is 43.2 Å². The Balaban J connectivity index is 1.54. The lowest BCUT2D eigenvalue weighted by molar-refractivity contribution is 0.0704. The fraction of sp³-hybridized carbons (Fsp3) is 0.333. The summed E-state index contributed by atoms with van der Waals surface area (Å²) in [7, 11) is 3.16. The summed E-state index contributed by atoms with van der Waals surface area (Å²) in [6, 6.07) is 13.3. The molecule has 6 nitrogen and oxygen atoms in total. The van der Waals surface area contributed by atoms with Gasteiger partial charge in [0.05, 0.1) is 25.3 Å². The zero-order valence-corrected chi connectivity index (χ0v) is 15.6. The molecular formula is C21H23N3O3. The van der Waals surface area contributed by atoms with Crippen molar-refractivity contribution in [2.24, 2.45) is 0 Å². The normalized spacial score (nSPS) is 17.1. The smallest absolute Gasteiger partial charge is 0.254 e. The molecule has 27 heavy (non-hydrogen) atoms. The summed E-state index contributed by atoms with van der Waals surface area (Å²) >= 11 is 0. The van der Waals surface area contributed by atoms with E-state index in [4.69, 9.17) is 14.5 Å². The van der Waals surface area contributed by atoms with E-state index in [1.54, 1.807) is 32.4 Å². The van der Waals surface area contributed by atoms with Crippen molar-refractivity contribution < 1.29 is 14.3 Å². The van der Waals surface area contributed by atoms with Crippen LogP contribution in [0.2, 0.25) is 0 Å². The molecule has 140 valence electrons. The first-order valence-electron chi connectivity index (χ1n) is 9.15. The van der Waals surface area contributed by atoms with E-state index in [0.717, 1.165) is 36.2 Å². The molecule has 1 aliphatic heterocycles. The second-order valence-corrected chi connectivity index (χ2v) is 6.80. The van der Waals surface area contributed by atoms with Gasteiger partial charge in [-0.2, -0.15) is 0 Å². The number of H-pyrrole nitrogens is 1. The van der Waals surface area contributed by atoms with Crippen LogP contribution in [0.25, 0.3) is 11.0 Å². The highest BCUT2D eigenvalue weighted by Gasteiger charge is 2.27. The van der Waals surface area contributed by atoms with Crippen LogP contribution >= 0.6 is 0 Å². The second-order valence-electron chi connectivity index (χ2n) is 6.80. The van der Waals surface area contributed by atoms with Crippen molar-refractivity contribution >= 4 is 16.9 Å². The van der Waals surface area contributed by atoms with Crippen LogP contribution in [0.4, 0.5) is 0 Å². The SMILES string of the molecule is COc1ccc(C(=O)N2CCC[C@H](c3nc4ccccc4[nH]3)C2)cc1OC. The van der Waals surface area contributed by atoms with Crippen molar-refractivity contribution in [3.63, 3.8) is 0 Å². The number of hydrogen-bond acceptors (Lipinski definition) is 4. The Labute approximate surface area is 158 Å². The summed E-state index contributed by atoms with van der Waals surface area (Å²) in [4.78, 5) is 23.1. The van der Waals surface area contributed by atoms with Gasteiger partial charge in [-0.15, -0.1) is 0 Å². The third-order valence-corrected chi connectivity index (χ3v) is 5.13. The van der Waals surface area contributed by atoms with Crippen molar-refractivity contribution in [3.05, 3.63) is 53.9 Å². The van der Waals surface area contributed by atoms with Gasteiger partial charge in [0.1, 0.15) is 5.82 Å². The number of para-hydroxylation sites is 2. The molecule has 2 heterocycles. The van der Waals surface area contributed by atoms with Crippen LogP contribution in [0.1, 0.15) is 34.9 Å². The number of fused-ring (bicyclic) bond motifs is 1. The number of aromatic nitrogens is 2. The van der Waals surface area contributed by atoms with E-state index < -0.39 is 0 Å². The Morgan fingerprint density at radius 3 is 2.74 bits per heavy atom. The number of hydrogen-bond donors (Lipinski definition) is 1. The summed E-state index contributed by atoms with van der Waals surface area (Å²) in [5.41, 5.74) is 2.62. The van der Waals surface area contributed by atoms with Crippen molar-refractivity contribution in [2.75, 3.05) is 27.3 Å². The molecule has 1 atom stereocenters.